The maximum Gasteiger partial charge on any atom is 0.410 e. The maximum absolute atomic E-state index is 15.1. The van der Waals surface area contributed by atoms with Gasteiger partial charge in [0.25, 0.3) is 5.91 Å². The lowest BCUT2D eigenvalue weighted by atomic mass is 9.97. The van der Waals surface area contributed by atoms with Crippen molar-refractivity contribution in [2.24, 2.45) is 0 Å². The van der Waals surface area contributed by atoms with E-state index in [9.17, 15) is 14.7 Å². The highest BCUT2D eigenvalue weighted by Crippen LogP contribution is 2.48. The van der Waals surface area contributed by atoms with E-state index in [0.717, 1.165) is 0 Å². The van der Waals surface area contributed by atoms with E-state index in [4.69, 9.17) is 30.8 Å². The van der Waals surface area contributed by atoms with Crippen LogP contribution in [0.3, 0.4) is 0 Å². The number of carbonyl (C=O) groups is 2. The third kappa shape index (κ3) is 5.14. The average molecular weight is 591 g/mol. The van der Waals surface area contributed by atoms with Gasteiger partial charge in [0.05, 0.1) is 23.2 Å². The Bertz CT molecular complexity index is 1360. The fourth-order valence-electron chi connectivity index (χ4n) is 5.89. The number of hydrogen-bond donors (Lipinski definition) is 1. The Kier molecular flexibility index (Phi) is 7.48. The number of ether oxygens (including phenoxy) is 3. The molecular weight excluding hydrogens is 555 g/mol. The molecule has 0 aliphatic carbocycles. The standard InChI is InChI=1S/C29H36ClFN4O6/c1-28(2,3)41-27(38)33-12-13-34-16(14-33)15-40-24-21(26(34)37)25(35-11-10-19(39-6)29(35,4)5)32-23(22(24)30)20-17(31)8-7-9-18(20)36/h7-9,16,19,36H,10-15H2,1-6H3/t16-,19?/m1/s1. The molecule has 0 spiro atoms. The van der Waals surface area contributed by atoms with Gasteiger partial charge in [-0.15, -0.1) is 0 Å². The molecule has 4 heterocycles. The molecule has 222 valence electrons. The number of amides is 2. The van der Waals surface area contributed by atoms with E-state index in [1.807, 2.05) is 18.7 Å². The van der Waals surface area contributed by atoms with Crippen molar-refractivity contribution < 1.29 is 33.3 Å². The first-order valence-corrected chi connectivity index (χ1v) is 14.1. The highest BCUT2D eigenvalue weighted by atomic mass is 35.5. The lowest BCUT2D eigenvalue weighted by molar-refractivity contribution is 0.000950. The largest absolute Gasteiger partial charge is 0.507 e. The van der Waals surface area contributed by atoms with Gasteiger partial charge < -0.3 is 34.0 Å². The van der Waals surface area contributed by atoms with E-state index in [1.54, 1.807) is 37.7 Å². The van der Waals surface area contributed by atoms with E-state index < -0.39 is 29.1 Å². The molecule has 1 aromatic carbocycles. The van der Waals surface area contributed by atoms with Crippen LogP contribution < -0.4 is 9.64 Å². The summed E-state index contributed by atoms with van der Waals surface area (Å²) in [6, 6.07) is 3.45. The summed E-state index contributed by atoms with van der Waals surface area (Å²) in [6.45, 7) is 10.7. The van der Waals surface area contributed by atoms with Gasteiger partial charge in [0.15, 0.2) is 5.75 Å². The zero-order chi connectivity index (χ0) is 29.9. The summed E-state index contributed by atoms with van der Waals surface area (Å²) in [5, 5.41) is 10.5. The van der Waals surface area contributed by atoms with E-state index in [-0.39, 0.29) is 77.4 Å². The van der Waals surface area contributed by atoms with Crippen LogP contribution >= 0.6 is 11.6 Å². The third-order valence-corrected chi connectivity index (χ3v) is 8.32. The topological polar surface area (TPSA) is 105 Å². The molecule has 3 aliphatic heterocycles. The van der Waals surface area contributed by atoms with E-state index in [0.29, 0.717) is 13.0 Å². The number of nitrogens with zero attached hydrogens (tertiary/aromatic N) is 4. The molecule has 1 unspecified atom stereocenters. The highest BCUT2D eigenvalue weighted by Gasteiger charge is 2.47. The zero-order valence-corrected chi connectivity index (χ0v) is 24.9. The summed E-state index contributed by atoms with van der Waals surface area (Å²) in [5.74, 6) is -1.07. The number of aromatic hydroxyl groups is 1. The van der Waals surface area contributed by atoms with Crippen LogP contribution in [-0.2, 0) is 9.47 Å². The minimum Gasteiger partial charge on any atom is -0.507 e. The Labute approximate surface area is 243 Å². The van der Waals surface area contributed by atoms with E-state index in [1.165, 1.54) is 18.2 Å². The van der Waals surface area contributed by atoms with E-state index in [2.05, 4.69) is 0 Å². The monoisotopic (exact) mass is 590 g/mol. The van der Waals surface area contributed by atoms with Gasteiger partial charge in [0, 0.05) is 33.3 Å². The second-order valence-corrected chi connectivity index (χ2v) is 12.5. The van der Waals surface area contributed by atoms with Crippen LogP contribution in [0.4, 0.5) is 15.0 Å². The molecule has 0 radical (unpaired) electrons. The van der Waals surface area contributed by atoms with Crippen LogP contribution in [0.1, 0.15) is 51.4 Å². The smallest absolute Gasteiger partial charge is 0.410 e. The number of fused-ring (bicyclic) bond motifs is 2. The Hall–Kier alpha value is -3.31. The Morgan fingerprint density at radius 3 is 2.59 bits per heavy atom. The molecule has 10 nitrogen and oxygen atoms in total. The number of rotatable bonds is 3. The Morgan fingerprint density at radius 1 is 1.22 bits per heavy atom. The Balaban J connectivity index is 1.62. The van der Waals surface area contributed by atoms with Crippen LogP contribution in [0.25, 0.3) is 11.3 Å². The molecule has 2 saturated heterocycles. The number of anilines is 1. The molecular formula is C29H36ClFN4O6. The van der Waals surface area contributed by atoms with Crippen LogP contribution in [0.15, 0.2) is 18.2 Å². The molecule has 1 N–H and O–H groups in total. The van der Waals surface area contributed by atoms with Crippen molar-refractivity contribution >= 4 is 29.4 Å². The molecule has 2 atom stereocenters. The second-order valence-electron chi connectivity index (χ2n) is 12.1. The van der Waals surface area contributed by atoms with Crippen molar-refractivity contribution in [3.63, 3.8) is 0 Å². The van der Waals surface area contributed by atoms with Crippen LogP contribution in [0, 0.1) is 5.82 Å². The van der Waals surface area contributed by atoms with Crippen LogP contribution in [0.2, 0.25) is 5.02 Å². The van der Waals surface area contributed by atoms with Gasteiger partial charge in [0.2, 0.25) is 0 Å². The van der Waals surface area contributed by atoms with Crippen LogP contribution in [0.5, 0.6) is 11.5 Å². The lowest BCUT2D eigenvalue weighted by Crippen LogP contribution is -2.58. The highest BCUT2D eigenvalue weighted by molar-refractivity contribution is 6.35. The predicted octanol–water partition coefficient (Wildman–Crippen LogP) is 4.70. The number of aromatic nitrogens is 1. The number of piperazine rings is 1. The summed E-state index contributed by atoms with van der Waals surface area (Å²) in [6.07, 6.45) is 0.0519. The van der Waals surface area contributed by atoms with Gasteiger partial charge in [-0.3, -0.25) is 4.79 Å². The van der Waals surface area contributed by atoms with Crippen molar-refractivity contribution in [1.29, 1.82) is 0 Å². The minimum absolute atomic E-state index is 0.0317. The molecule has 0 saturated carbocycles. The van der Waals surface area contributed by atoms with Crippen molar-refractivity contribution in [3.05, 3.63) is 34.6 Å². The lowest BCUT2D eigenvalue weighted by Gasteiger charge is -2.40. The first-order chi connectivity index (χ1) is 19.2. The fourth-order valence-corrected chi connectivity index (χ4v) is 6.18. The summed E-state index contributed by atoms with van der Waals surface area (Å²) in [5.41, 5.74) is -1.30. The Morgan fingerprint density at radius 2 is 1.95 bits per heavy atom. The van der Waals surface area contributed by atoms with Gasteiger partial charge in [-0.05, 0) is 53.2 Å². The summed E-state index contributed by atoms with van der Waals surface area (Å²) >= 11 is 6.83. The van der Waals surface area contributed by atoms with Crippen molar-refractivity contribution in [3.8, 4) is 22.8 Å². The molecule has 2 amide bonds. The molecule has 2 fully saturated rings. The molecule has 5 rings (SSSR count). The maximum atomic E-state index is 15.1. The van der Waals surface area contributed by atoms with Gasteiger partial charge >= 0.3 is 6.09 Å². The first-order valence-electron chi connectivity index (χ1n) is 13.7. The van der Waals surface area contributed by atoms with Gasteiger partial charge in [0.1, 0.15) is 45.9 Å². The third-order valence-electron chi connectivity index (χ3n) is 7.97. The van der Waals surface area contributed by atoms with Crippen LogP contribution in [-0.4, -0.2) is 95.1 Å². The second kappa shape index (κ2) is 10.5. The molecule has 3 aliphatic rings. The number of methoxy groups -OCH3 is 1. The quantitative estimate of drug-likeness (QED) is 0.548. The molecule has 0 bridgehead atoms. The average Bonchev–Trinajstić information content (AvgIpc) is 3.11. The van der Waals surface area contributed by atoms with E-state index >= 15 is 4.39 Å². The van der Waals surface area contributed by atoms with Crippen molar-refractivity contribution in [2.75, 3.05) is 44.8 Å². The predicted molar refractivity (Wildman–Crippen MR) is 151 cm³/mol. The minimum atomic E-state index is -0.717. The summed E-state index contributed by atoms with van der Waals surface area (Å²) in [4.78, 5) is 37.0. The number of carbonyl (C=O) groups excluding carboxylic acids is 2. The zero-order valence-electron chi connectivity index (χ0n) is 24.2. The number of phenols is 1. The number of halogens is 2. The number of benzene rings is 1. The normalized spacial score (nSPS) is 22.1. The number of phenolic OH excluding ortho intramolecular Hbond substituents is 1. The summed E-state index contributed by atoms with van der Waals surface area (Å²) < 4.78 is 32.6. The van der Waals surface area contributed by atoms with Crippen molar-refractivity contribution in [1.82, 2.24) is 14.8 Å². The summed E-state index contributed by atoms with van der Waals surface area (Å²) in [7, 11) is 1.64. The fraction of sp³-hybridized carbons (Fsp3) is 0.552. The van der Waals surface area contributed by atoms with Gasteiger partial charge in [-0.25, -0.2) is 14.2 Å². The van der Waals surface area contributed by atoms with Gasteiger partial charge in [-0.1, -0.05) is 17.7 Å². The van der Waals surface area contributed by atoms with Crippen molar-refractivity contribution in [2.45, 2.75) is 64.3 Å². The first kappa shape index (κ1) is 29.2. The molecule has 41 heavy (non-hydrogen) atoms. The number of pyridine rings is 1. The molecule has 1 aromatic heterocycles. The number of hydrogen-bond acceptors (Lipinski definition) is 8. The molecule has 2 aromatic rings. The van der Waals surface area contributed by atoms with Gasteiger partial charge in [-0.2, -0.15) is 0 Å². The molecule has 12 heteroatoms. The SMILES string of the molecule is COC1CCN(c2nc(-c3c(O)cccc3F)c(Cl)c3c2C(=O)N2CCN(C(=O)OC(C)(C)C)C[C@@H]2CO3)C1(C)C.